The fourth-order valence-electron chi connectivity index (χ4n) is 2.15. The number of aliphatic hydroxyl groups is 1. The Hall–Kier alpha value is -1.34. The van der Waals surface area contributed by atoms with E-state index in [4.69, 9.17) is 0 Å². The van der Waals surface area contributed by atoms with E-state index in [1.165, 1.54) is 11.8 Å². The Labute approximate surface area is 134 Å². The molecular formula is C15H23N3O3S. The van der Waals surface area contributed by atoms with Crippen LogP contribution in [0, 0.1) is 5.92 Å². The summed E-state index contributed by atoms with van der Waals surface area (Å²) in [5.41, 5.74) is 0.476. The third-order valence-corrected chi connectivity index (χ3v) is 4.64. The number of hydrogen-bond acceptors (Lipinski definition) is 5. The number of nitrogens with one attached hydrogen (secondary N) is 1. The first kappa shape index (κ1) is 17.0. The molecule has 6 nitrogen and oxygen atoms in total. The fourth-order valence-corrected chi connectivity index (χ4v) is 3.24. The summed E-state index contributed by atoms with van der Waals surface area (Å²) in [4.78, 5) is 28.9. The minimum atomic E-state index is -0.578. The van der Waals surface area contributed by atoms with Crippen molar-refractivity contribution >= 4 is 17.7 Å². The number of hydrogen-bond donors (Lipinski definition) is 2. The molecule has 2 atom stereocenters. The largest absolute Gasteiger partial charge is 0.392 e. The van der Waals surface area contributed by atoms with E-state index in [-0.39, 0.29) is 29.3 Å². The van der Waals surface area contributed by atoms with E-state index in [1.54, 1.807) is 17.6 Å². The molecule has 2 N–H and O–H groups in total. The molecule has 0 spiro atoms. The lowest BCUT2D eigenvalue weighted by Crippen LogP contribution is -2.42. The predicted molar refractivity (Wildman–Crippen MR) is 86.1 cm³/mol. The molecule has 1 aromatic rings. The minimum absolute atomic E-state index is 0.115. The molecule has 0 fully saturated rings. The predicted octanol–water partition coefficient (Wildman–Crippen LogP) is 0.760. The van der Waals surface area contributed by atoms with E-state index >= 15 is 0 Å². The minimum Gasteiger partial charge on any atom is -0.392 e. The normalized spacial score (nSPS) is 19.4. The number of carbonyl (C=O) groups is 1. The maximum atomic E-state index is 12.3. The molecule has 0 aromatic carbocycles. The number of aliphatic hydroxyl groups excluding tert-OH is 1. The Morgan fingerprint density at radius 1 is 1.59 bits per heavy atom. The van der Waals surface area contributed by atoms with Crippen LogP contribution in [0.25, 0.3) is 0 Å². The van der Waals surface area contributed by atoms with Crippen molar-refractivity contribution in [2.75, 3.05) is 12.3 Å². The van der Waals surface area contributed by atoms with Crippen LogP contribution in [0.2, 0.25) is 0 Å². The number of thioether (sulfide) groups is 1. The van der Waals surface area contributed by atoms with Gasteiger partial charge in [0.2, 0.25) is 5.91 Å². The van der Waals surface area contributed by atoms with Gasteiger partial charge in [-0.1, -0.05) is 32.5 Å². The van der Waals surface area contributed by atoms with Crippen LogP contribution in [0.15, 0.2) is 16.0 Å². The number of amides is 1. The Bertz CT molecular complexity index is 619. The zero-order chi connectivity index (χ0) is 16.5. The third-order valence-electron chi connectivity index (χ3n) is 3.50. The highest BCUT2D eigenvalue weighted by molar-refractivity contribution is 7.99. The first-order chi connectivity index (χ1) is 10.2. The lowest BCUT2D eigenvalue weighted by molar-refractivity contribution is -0.125. The van der Waals surface area contributed by atoms with Gasteiger partial charge < -0.3 is 10.4 Å². The maximum absolute atomic E-state index is 12.3. The molecule has 2 unspecified atom stereocenters. The molecule has 1 aliphatic heterocycles. The molecule has 0 saturated carbocycles. The van der Waals surface area contributed by atoms with Gasteiger partial charge in [0.25, 0.3) is 5.56 Å². The summed E-state index contributed by atoms with van der Waals surface area (Å²) in [5, 5.41) is 12.6. The van der Waals surface area contributed by atoms with Gasteiger partial charge in [0, 0.05) is 30.3 Å². The lowest BCUT2D eigenvalue weighted by Gasteiger charge is -2.26. The summed E-state index contributed by atoms with van der Waals surface area (Å²) >= 11 is 1.43. The number of aromatic nitrogens is 2. The Morgan fingerprint density at radius 2 is 2.27 bits per heavy atom. The molecule has 1 aliphatic rings. The molecule has 0 radical (unpaired) electrons. The fraction of sp³-hybridized carbons (Fsp3) is 0.667. The molecule has 0 saturated heterocycles. The number of nitrogens with zero attached hydrogens (tertiary/aromatic N) is 2. The van der Waals surface area contributed by atoms with E-state index in [0.29, 0.717) is 17.5 Å². The van der Waals surface area contributed by atoms with E-state index in [9.17, 15) is 14.7 Å². The third kappa shape index (κ3) is 3.89. The molecule has 122 valence electrons. The van der Waals surface area contributed by atoms with Crippen molar-refractivity contribution < 1.29 is 9.90 Å². The molecule has 2 rings (SSSR count). The van der Waals surface area contributed by atoms with Gasteiger partial charge in [-0.05, 0) is 6.92 Å². The molecule has 1 aromatic heterocycles. The molecule has 2 heterocycles. The van der Waals surface area contributed by atoms with Crippen molar-refractivity contribution in [2.45, 2.75) is 50.9 Å². The maximum Gasteiger partial charge on any atom is 0.254 e. The second-order valence-corrected chi connectivity index (χ2v) is 7.71. The van der Waals surface area contributed by atoms with Gasteiger partial charge in [0.15, 0.2) is 5.16 Å². The Kier molecular flexibility index (Phi) is 4.97. The Morgan fingerprint density at radius 3 is 2.86 bits per heavy atom. The second-order valence-electron chi connectivity index (χ2n) is 6.72. The lowest BCUT2D eigenvalue weighted by atomic mass is 9.92. The highest BCUT2D eigenvalue weighted by Gasteiger charge is 2.28. The van der Waals surface area contributed by atoms with Gasteiger partial charge in [0.1, 0.15) is 0 Å². The van der Waals surface area contributed by atoms with Gasteiger partial charge >= 0.3 is 0 Å². The zero-order valence-electron chi connectivity index (χ0n) is 13.4. The monoisotopic (exact) mass is 325 g/mol. The van der Waals surface area contributed by atoms with Crippen molar-refractivity contribution in [3.8, 4) is 0 Å². The second kappa shape index (κ2) is 6.42. The molecule has 0 bridgehead atoms. The van der Waals surface area contributed by atoms with Crippen LogP contribution in [0.4, 0.5) is 0 Å². The molecule has 7 heteroatoms. The molecule has 1 amide bonds. The highest BCUT2D eigenvalue weighted by atomic mass is 32.2. The summed E-state index contributed by atoms with van der Waals surface area (Å²) in [5.74, 6) is 0.174. The van der Waals surface area contributed by atoms with Crippen LogP contribution in [0.3, 0.4) is 0 Å². The molecule has 22 heavy (non-hydrogen) atoms. The van der Waals surface area contributed by atoms with Gasteiger partial charge in [-0.2, -0.15) is 0 Å². The van der Waals surface area contributed by atoms with Gasteiger partial charge in [-0.3, -0.25) is 14.2 Å². The number of carbonyl (C=O) groups excluding carboxylic acids is 1. The van der Waals surface area contributed by atoms with Crippen molar-refractivity contribution in [3.05, 3.63) is 22.1 Å². The van der Waals surface area contributed by atoms with Crippen molar-refractivity contribution in [1.29, 1.82) is 0 Å². The zero-order valence-corrected chi connectivity index (χ0v) is 14.2. The van der Waals surface area contributed by atoms with E-state index in [2.05, 4.69) is 10.3 Å². The van der Waals surface area contributed by atoms with E-state index in [0.717, 1.165) is 5.69 Å². The molecule has 0 aliphatic carbocycles. The van der Waals surface area contributed by atoms with E-state index < -0.39 is 6.10 Å². The molecular weight excluding hydrogens is 302 g/mol. The number of fused-ring (bicyclic) bond motifs is 1. The first-order valence-electron chi connectivity index (χ1n) is 7.39. The van der Waals surface area contributed by atoms with Crippen LogP contribution in [0.5, 0.6) is 0 Å². The summed E-state index contributed by atoms with van der Waals surface area (Å²) in [7, 11) is 0. The van der Waals surface area contributed by atoms with Gasteiger partial charge in [-0.25, -0.2) is 4.98 Å². The van der Waals surface area contributed by atoms with Crippen LogP contribution >= 0.6 is 11.8 Å². The summed E-state index contributed by atoms with van der Waals surface area (Å²) in [6, 6.07) is 1.56. The van der Waals surface area contributed by atoms with Crippen molar-refractivity contribution in [1.82, 2.24) is 14.9 Å². The SMILES string of the molecule is CC(O)CNC(=O)C1CSc2nc(C(C)(C)C)cc(=O)n2C1. The number of rotatable bonds is 3. The average Bonchev–Trinajstić information content (AvgIpc) is 2.43. The standard InChI is InChI=1S/C15H23N3O3S/c1-9(19)6-16-13(21)10-7-18-12(20)5-11(15(2,3)4)17-14(18)22-8-10/h5,9-10,19H,6-8H2,1-4H3,(H,16,21). The average molecular weight is 325 g/mol. The van der Waals surface area contributed by atoms with Gasteiger partial charge in [-0.15, -0.1) is 0 Å². The van der Waals surface area contributed by atoms with Crippen molar-refractivity contribution in [3.63, 3.8) is 0 Å². The van der Waals surface area contributed by atoms with Crippen LogP contribution in [-0.4, -0.2) is 39.0 Å². The van der Waals surface area contributed by atoms with Crippen LogP contribution in [-0.2, 0) is 16.8 Å². The quantitative estimate of drug-likeness (QED) is 0.802. The summed E-state index contributed by atoms with van der Waals surface area (Å²) in [6.45, 7) is 8.24. The Balaban J connectivity index is 2.18. The van der Waals surface area contributed by atoms with Crippen LogP contribution < -0.4 is 10.9 Å². The topological polar surface area (TPSA) is 84.2 Å². The van der Waals surface area contributed by atoms with Crippen molar-refractivity contribution in [2.24, 2.45) is 5.92 Å². The smallest absolute Gasteiger partial charge is 0.254 e. The summed E-state index contributed by atoms with van der Waals surface area (Å²) in [6.07, 6.45) is -0.578. The first-order valence-corrected chi connectivity index (χ1v) is 8.38. The summed E-state index contributed by atoms with van der Waals surface area (Å²) < 4.78 is 1.57. The van der Waals surface area contributed by atoms with E-state index in [1.807, 2.05) is 20.8 Å². The van der Waals surface area contributed by atoms with Gasteiger partial charge in [0.05, 0.1) is 17.7 Å². The highest BCUT2D eigenvalue weighted by Crippen LogP contribution is 2.27. The van der Waals surface area contributed by atoms with Crippen LogP contribution in [0.1, 0.15) is 33.4 Å².